The van der Waals surface area contributed by atoms with Crippen LogP contribution in [0, 0.1) is 0 Å². The van der Waals surface area contributed by atoms with Crippen molar-refractivity contribution in [3.63, 3.8) is 0 Å². The van der Waals surface area contributed by atoms with E-state index in [1.54, 1.807) is 0 Å². The second kappa shape index (κ2) is 12.4. The Morgan fingerprint density at radius 2 is 0.870 bits per heavy atom. The van der Waals surface area contributed by atoms with E-state index < -0.39 is 0 Å². The van der Waals surface area contributed by atoms with E-state index in [1.165, 1.54) is 91.2 Å². The number of benzene rings is 10. The van der Waals surface area contributed by atoms with Gasteiger partial charge in [0.25, 0.3) is 0 Å². The molecule has 10 aromatic carbocycles. The molecule has 2 heteroatoms. The lowest BCUT2D eigenvalue weighted by atomic mass is 9.94. The second-order valence-electron chi connectivity index (χ2n) is 14.1. The van der Waals surface area contributed by atoms with Gasteiger partial charge >= 0.3 is 0 Å². The van der Waals surface area contributed by atoms with Crippen LogP contribution in [0.5, 0.6) is 0 Å². The fraction of sp³-hybridized carbons (Fsp3) is 0. The predicted molar refractivity (Wildman–Crippen MR) is 235 cm³/mol. The zero-order valence-corrected chi connectivity index (χ0v) is 30.2. The number of anilines is 3. The number of thiophene rings is 1. The van der Waals surface area contributed by atoms with Gasteiger partial charge in [-0.15, -0.1) is 11.3 Å². The lowest BCUT2D eigenvalue weighted by Gasteiger charge is -2.27. The minimum Gasteiger partial charge on any atom is -0.309 e. The van der Waals surface area contributed by atoms with Gasteiger partial charge in [0.15, 0.2) is 0 Å². The molecule has 0 radical (unpaired) electrons. The molecule has 0 saturated heterocycles. The van der Waals surface area contributed by atoms with E-state index in [1.807, 2.05) is 11.3 Å². The SMILES string of the molecule is c1cc(-c2ccc(N(c3ccc4c5ccccc5c5ccccc5c4c3)c3cccc4c3sc3ccccc34)cc2)cc(-c2cccc3ccccc23)c1. The number of rotatable bonds is 5. The summed E-state index contributed by atoms with van der Waals surface area (Å²) in [4.78, 5) is 2.46. The van der Waals surface area contributed by atoms with Crippen molar-refractivity contribution >= 4 is 91.7 Å². The summed E-state index contributed by atoms with van der Waals surface area (Å²) in [7, 11) is 0. The summed E-state index contributed by atoms with van der Waals surface area (Å²) in [6, 6.07) is 73.5. The lowest BCUT2D eigenvalue weighted by molar-refractivity contribution is 1.31. The summed E-state index contributed by atoms with van der Waals surface area (Å²) in [5, 5.41) is 12.8. The van der Waals surface area contributed by atoms with Gasteiger partial charge in [0.2, 0.25) is 0 Å². The van der Waals surface area contributed by atoms with Gasteiger partial charge < -0.3 is 4.90 Å². The molecule has 0 aliphatic carbocycles. The third kappa shape index (κ3) is 4.92. The first kappa shape index (κ1) is 30.8. The van der Waals surface area contributed by atoms with Crippen LogP contribution in [0.3, 0.4) is 0 Å². The van der Waals surface area contributed by atoms with E-state index in [9.17, 15) is 0 Å². The average molecular weight is 704 g/mol. The van der Waals surface area contributed by atoms with Crippen LogP contribution < -0.4 is 4.90 Å². The summed E-state index contributed by atoms with van der Waals surface area (Å²) in [5.74, 6) is 0. The monoisotopic (exact) mass is 703 g/mol. The Morgan fingerprint density at radius 3 is 1.65 bits per heavy atom. The van der Waals surface area contributed by atoms with Gasteiger partial charge in [0, 0.05) is 26.8 Å². The predicted octanol–water partition coefficient (Wildman–Crippen LogP) is 15.5. The summed E-state index contributed by atoms with van der Waals surface area (Å²) in [5.41, 5.74) is 8.32. The van der Waals surface area contributed by atoms with Crippen LogP contribution in [0.15, 0.2) is 200 Å². The van der Waals surface area contributed by atoms with Gasteiger partial charge in [-0.25, -0.2) is 0 Å². The Balaban J connectivity index is 1.09. The van der Waals surface area contributed by atoms with E-state index in [0.29, 0.717) is 0 Å². The molecule has 1 aromatic heterocycles. The molecule has 0 amide bonds. The van der Waals surface area contributed by atoms with Crippen molar-refractivity contribution in [1.82, 2.24) is 0 Å². The molecule has 0 unspecified atom stereocenters. The van der Waals surface area contributed by atoms with Crippen molar-refractivity contribution in [3.05, 3.63) is 200 Å². The third-order valence-electron chi connectivity index (χ3n) is 11.0. The minimum atomic E-state index is 1.12. The van der Waals surface area contributed by atoms with Gasteiger partial charge in [-0.05, 0) is 108 Å². The van der Waals surface area contributed by atoms with Crippen LogP contribution in [0.1, 0.15) is 0 Å². The molecule has 11 rings (SSSR count). The maximum Gasteiger partial charge on any atom is 0.0640 e. The molecule has 0 bridgehead atoms. The van der Waals surface area contributed by atoms with E-state index in [4.69, 9.17) is 0 Å². The van der Waals surface area contributed by atoms with Crippen LogP contribution in [0.4, 0.5) is 17.1 Å². The molecule has 0 atom stereocenters. The Hall–Kier alpha value is -6.74. The molecular formula is C52H33NS. The van der Waals surface area contributed by atoms with Crippen LogP contribution in [0.25, 0.3) is 85.5 Å². The average Bonchev–Trinajstić information content (AvgIpc) is 3.63. The maximum atomic E-state index is 2.46. The molecule has 1 nitrogen and oxygen atoms in total. The first-order chi connectivity index (χ1) is 26.8. The lowest BCUT2D eigenvalue weighted by Crippen LogP contribution is -2.10. The summed E-state index contributed by atoms with van der Waals surface area (Å²) in [6.07, 6.45) is 0. The number of fused-ring (bicyclic) bond motifs is 10. The highest BCUT2D eigenvalue weighted by Crippen LogP contribution is 2.46. The first-order valence-electron chi connectivity index (χ1n) is 18.5. The van der Waals surface area contributed by atoms with Crippen LogP contribution in [0.2, 0.25) is 0 Å². The Bertz CT molecular complexity index is 3190. The van der Waals surface area contributed by atoms with Crippen molar-refractivity contribution in [2.45, 2.75) is 0 Å². The fourth-order valence-electron chi connectivity index (χ4n) is 8.52. The zero-order valence-electron chi connectivity index (χ0n) is 29.4. The molecule has 11 aromatic rings. The minimum absolute atomic E-state index is 1.12. The molecule has 252 valence electrons. The summed E-state index contributed by atoms with van der Waals surface area (Å²) >= 11 is 1.87. The molecule has 0 aliphatic rings. The van der Waals surface area contributed by atoms with Crippen molar-refractivity contribution in [3.8, 4) is 22.3 Å². The first-order valence-corrected chi connectivity index (χ1v) is 19.3. The molecule has 0 N–H and O–H groups in total. The molecule has 0 spiro atoms. The normalized spacial score (nSPS) is 11.7. The van der Waals surface area contributed by atoms with Crippen LogP contribution in [-0.4, -0.2) is 0 Å². The molecule has 0 saturated carbocycles. The Kier molecular flexibility index (Phi) is 7.11. The molecule has 0 aliphatic heterocycles. The van der Waals surface area contributed by atoms with E-state index >= 15 is 0 Å². The zero-order chi connectivity index (χ0) is 35.6. The van der Waals surface area contributed by atoms with Crippen LogP contribution in [-0.2, 0) is 0 Å². The van der Waals surface area contributed by atoms with Crippen molar-refractivity contribution in [1.29, 1.82) is 0 Å². The van der Waals surface area contributed by atoms with Crippen LogP contribution >= 0.6 is 11.3 Å². The van der Waals surface area contributed by atoms with Gasteiger partial charge in [0.05, 0.1) is 10.4 Å². The molecule has 54 heavy (non-hydrogen) atoms. The van der Waals surface area contributed by atoms with Crippen molar-refractivity contribution in [2.24, 2.45) is 0 Å². The standard InChI is InChI=1S/C52H33NS/c1-2-16-40-35(12-1)13-10-22-41(40)37-15-9-14-36(32-37)34-26-28-38(29-27-34)53(50-24-11-23-48-47-21-7-8-25-51(47)54-52(48)50)39-30-31-46-44-19-4-3-17-42(44)43-18-5-6-20-45(43)49(46)33-39/h1-33H. The largest absolute Gasteiger partial charge is 0.309 e. The van der Waals surface area contributed by atoms with Crippen molar-refractivity contribution in [2.75, 3.05) is 4.90 Å². The Labute approximate surface area is 317 Å². The maximum absolute atomic E-state index is 2.46. The van der Waals surface area contributed by atoms with Crippen molar-refractivity contribution < 1.29 is 0 Å². The van der Waals surface area contributed by atoms with E-state index in [0.717, 1.165) is 11.4 Å². The fourth-order valence-corrected chi connectivity index (χ4v) is 9.72. The number of hydrogen-bond acceptors (Lipinski definition) is 2. The number of hydrogen-bond donors (Lipinski definition) is 0. The molecular weight excluding hydrogens is 671 g/mol. The highest BCUT2D eigenvalue weighted by atomic mass is 32.1. The van der Waals surface area contributed by atoms with Gasteiger partial charge in [-0.2, -0.15) is 0 Å². The highest BCUT2D eigenvalue weighted by molar-refractivity contribution is 7.26. The topological polar surface area (TPSA) is 3.24 Å². The van der Waals surface area contributed by atoms with E-state index in [2.05, 4.69) is 205 Å². The number of nitrogens with zero attached hydrogens (tertiary/aromatic N) is 1. The smallest absolute Gasteiger partial charge is 0.0640 e. The van der Waals surface area contributed by atoms with Gasteiger partial charge in [0.1, 0.15) is 0 Å². The summed E-state index contributed by atoms with van der Waals surface area (Å²) < 4.78 is 2.59. The second-order valence-corrected chi connectivity index (χ2v) is 15.1. The molecule has 0 fully saturated rings. The third-order valence-corrected chi connectivity index (χ3v) is 12.2. The molecule has 1 heterocycles. The van der Waals surface area contributed by atoms with Gasteiger partial charge in [-0.1, -0.05) is 158 Å². The van der Waals surface area contributed by atoms with Gasteiger partial charge in [-0.3, -0.25) is 0 Å². The van der Waals surface area contributed by atoms with E-state index in [-0.39, 0.29) is 0 Å². The quantitative estimate of drug-likeness (QED) is 0.161. The Morgan fingerprint density at radius 1 is 0.315 bits per heavy atom. The summed E-state index contributed by atoms with van der Waals surface area (Å²) in [6.45, 7) is 0. The highest BCUT2D eigenvalue weighted by Gasteiger charge is 2.20.